The number of amides is 1. The third kappa shape index (κ3) is 3.99. The van der Waals surface area contributed by atoms with Crippen LogP contribution in [0.1, 0.15) is 18.1 Å². The molecule has 0 aliphatic carbocycles. The van der Waals surface area contributed by atoms with E-state index in [9.17, 15) is 4.79 Å². The zero-order chi connectivity index (χ0) is 12.8. The van der Waals surface area contributed by atoms with E-state index < -0.39 is 0 Å². The molecule has 0 spiro atoms. The molecule has 5 nitrogen and oxygen atoms in total. The van der Waals surface area contributed by atoms with Crippen LogP contribution in [0.25, 0.3) is 0 Å². The molecule has 0 fully saturated rings. The summed E-state index contributed by atoms with van der Waals surface area (Å²) in [7, 11) is 0. The average molecular weight is 252 g/mol. The Labute approximate surface area is 106 Å². The van der Waals surface area contributed by atoms with E-state index in [-0.39, 0.29) is 5.91 Å². The van der Waals surface area contributed by atoms with Gasteiger partial charge in [0, 0.05) is 26.2 Å². The molecule has 6 heteroatoms. The molecule has 1 rings (SSSR count). The van der Waals surface area contributed by atoms with E-state index in [4.69, 9.17) is 18.0 Å². The molecule has 1 aromatic rings. The minimum absolute atomic E-state index is 0.0569. The fraction of sp³-hybridized carbons (Fsp3) is 0.364. The summed E-state index contributed by atoms with van der Waals surface area (Å²) in [5.41, 5.74) is 7.39. The molecule has 92 valence electrons. The molecule has 1 heterocycles. The largest absolute Gasteiger partial charge is 0.389 e. The smallest absolute Gasteiger partial charge is 0.216 e. The quantitative estimate of drug-likeness (QED) is 0.527. The number of nitrogens with one attached hydrogen (secondary N) is 2. The summed E-state index contributed by atoms with van der Waals surface area (Å²) < 4.78 is 0. The number of pyridine rings is 1. The second-order valence-electron chi connectivity index (χ2n) is 3.63. The molecule has 0 aliphatic heterocycles. The molecule has 0 bridgehead atoms. The minimum Gasteiger partial charge on any atom is -0.389 e. The monoisotopic (exact) mass is 252 g/mol. The Morgan fingerprint density at radius 3 is 2.82 bits per heavy atom. The fourth-order valence-corrected chi connectivity index (χ4v) is 1.68. The summed E-state index contributed by atoms with van der Waals surface area (Å²) in [6.45, 7) is 4.51. The molecule has 17 heavy (non-hydrogen) atoms. The summed E-state index contributed by atoms with van der Waals surface area (Å²) in [5, 5.41) is 5.78. The third-order valence-corrected chi connectivity index (χ3v) is 2.40. The summed E-state index contributed by atoms with van der Waals surface area (Å²) >= 11 is 4.99. The van der Waals surface area contributed by atoms with Crippen molar-refractivity contribution >= 4 is 28.9 Å². The van der Waals surface area contributed by atoms with Gasteiger partial charge < -0.3 is 16.4 Å². The first kappa shape index (κ1) is 13.4. The lowest BCUT2D eigenvalue weighted by Crippen LogP contribution is -2.27. The van der Waals surface area contributed by atoms with Gasteiger partial charge in [0.05, 0.1) is 5.56 Å². The summed E-state index contributed by atoms with van der Waals surface area (Å²) in [6.07, 6.45) is 1.69. The Balaban J connectivity index is 2.67. The molecule has 0 atom stereocenters. The number of anilines is 1. The molecule has 4 N–H and O–H groups in total. The van der Waals surface area contributed by atoms with Crippen molar-refractivity contribution in [2.24, 2.45) is 5.73 Å². The first-order valence-corrected chi connectivity index (χ1v) is 5.67. The molecular weight excluding hydrogens is 236 g/mol. The first-order chi connectivity index (χ1) is 8.02. The minimum atomic E-state index is -0.0569. The third-order valence-electron chi connectivity index (χ3n) is 2.20. The number of carbonyl (C=O) groups is 1. The first-order valence-electron chi connectivity index (χ1n) is 5.26. The van der Waals surface area contributed by atoms with Gasteiger partial charge >= 0.3 is 0 Å². The van der Waals surface area contributed by atoms with Crippen LogP contribution < -0.4 is 16.4 Å². The number of aryl methyl sites for hydroxylation is 1. The highest BCUT2D eigenvalue weighted by Crippen LogP contribution is 2.15. The number of carbonyl (C=O) groups excluding carboxylic acids is 1. The molecule has 1 amide bonds. The maximum absolute atomic E-state index is 10.7. The van der Waals surface area contributed by atoms with Crippen LogP contribution in [0.2, 0.25) is 0 Å². The van der Waals surface area contributed by atoms with Gasteiger partial charge in [0.1, 0.15) is 10.8 Å². The Hall–Kier alpha value is -1.69. The lowest BCUT2D eigenvalue weighted by Gasteiger charge is -2.12. The standard InChI is InChI=1S/C11H16N4OS/c1-7-3-4-14-11(9(7)10(12)17)15-6-5-13-8(2)16/h3-4H,5-6H2,1-2H3,(H2,12,17)(H,13,16)(H,14,15). The zero-order valence-electron chi connectivity index (χ0n) is 9.91. The van der Waals surface area contributed by atoms with Gasteiger partial charge in [-0.2, -0.15) is 0 Å². The SMILES string of the molecule is CC(=O)NCCNc1nccc(C)c1C(N)=S. The molecule has 0 aromatic carbocycles. The molecule has 0 radical (unpaired) electrons. The van der Waals surface area contributed by atoms with Crippen LogP contribution in [0.5, 0.6) is 0 Å². The van der Waals surface area contributed by atoms with E-state index in [0.29, 0.717) is 23.9 Å². The fourth-order valence-electron chi connectivity index (χ4n) is 1.42. The Morgan fingerprint density at radius 1 is 1.53 bits per heavy atom. The predicted molar refractivity (Wildman–Crippen MR) is 72.0 cm³/mol. The Kier molecular flexibility index (Phi) is 4.84. The van der Waals surface area contributed by atoms with Gasteiger partial charge in [0.15, 0.2) is 0 Å². The molecule has 0 saturated carbocycles. The van der Waals surface area contributed by atoms with Crippen molar-refractivity contribution in [3.05, 3.63) is 23.4 Å². The van der Waals surface area contributed by atoms with Crippen LogP contribution in [0.15, 0.2) is 12.3 Å². The maximum atomic E-state index is 10.7. The van der Waals surface area contributed by atoms with Crippen LogP contribution in [0.4, 0.5) is 5.82 Å². The molecule has 0 unspecified atom stereocenters. The predicted octanol–water partition coefficient (Wildman–Crippen LogP) is 0.572. The van der Waals surface area contributed by atoms with Crippen molar-refractivity contribution < 1.29 is 4.79 Å². The van der Waals surface area contributed by atoms with Crippen LogP contribution in [0.3, 0.4) is 0 Å². The van der Waals surface area contributed by atoms with E-state index in [0.717, 1.165) is 11.1 Å². The van der Waals surface area contributed by atoms with Crippen molar-refractivity contribution in [1.29, 1.82) is 0 Å². The second kappa shape index (κ2) is 6.15. The number of thiocarbonyl (C=S) groups is 1. The Bertz CT molecular complexity index is 433. The molecule has 0 aliphatic rings. The number of hydrogen-bond acceptors (Lipinski definition) is 4. The topological polar surface area (TPSA) is 80.0 Å². The molecule has 1 aromatic heterocycles. The molecular formula is C11H16N4OS. The summed E-state index contributed by atoms with van der Waals surface area (Å²) in [5.74, 6) is 0.599. The van der Waals surface area contributed by atoms with E-state index in [1.165, 1.54) is 6.92 Å². The van der Waals surface area contributed by atoms with E-state index in [2.05, 4.69) is 15.6 Å². The molecule has 0 saturated heterocycles. The lowest BCUT2D eigenvalue weighted by atomic mass is 10.1. The van der Waals surface area contributed by atoms with Gasteiger partial charge in [0.2, 0.25) is 5.91 Å². The van der Waals surface area contributed by atoms with Gasteiger partial charge in [-0.15, -0.1) is 0 Å². The maximum Gasteiger partial charge on any atom is 0.216 e. The highest BCUT2D eigenvalue weighted by atomic mass is 32.1. The van der Waals surface area contributed by atoms with Gasteiger partial charge in [-0.3, -0.25) is 4.79 Å². The highest BCUT2D eigenvalue weighted by Gasteiger charge is 2.08. The van der Waals surface area contributed by atoms with Crippen LogP contribution in [-0.2, 0) is 4.79 Å². The second-order valence-corrected chi connectivity index (χ2v) is 4.07. The number of rotatable bonds is 5. The van der Waals surface area contributed by atoms with Gasteiger partial charge in [-0.1, -0.05) is 12.2 Å². The van der Waals surface area contributed by atoms with Crippen LogP contribution >= 0.6 is 12.2 Å². The number of hydrogen-bond donors (Lipinski definition) is 3. The number of nitrogens with zero attached hydrogens (tertiary/aromatic N) is 1. The van der Waals surface area contributed by atoms with Crippen molar-refractivity contribution in [2.75, 3.05) is 18.4 Å². The van der Waals surface area contributed by atoms with E-state index in [1.807, 2.05) is 13.0 Å². The lowest BCUT2D eigenvalue weighted by molar-refractivity contribution is -0.118. The zero-order valence-corrected chi connectivity index (χ0v) is 10.7. The van der Waals surface area contributed by atoms with Gasteiger partial charge in [-0.25, -0.2) is 4.98 Å². The summed E-state index contributed by atoms with van der Waals surface area (Å²) in [6, 6.07) is 1.85. The van der Waals surface area contributed by atoms with E-state index >= 15 is 0 Å². The summed E-state index contributed by atoms with van der Waals surface area (Å²) in [4.78, 5) is 15.2. The average Bonchev–Trinajstić information content (AvgIpc) is 2.23. The van der Waals surface area contributed by atoms with Gasteiger partial charge in [0.25, 0.3) is 0 Å². The van der Waals surface area contributed by atoms with Gasteiger partial charge in [-0.05, 0) is 18.6 Å². The number of nitrogens with two attached hydrogens (primary N) is 1. The van der Waals surface area contributed by atoms with Crippen molar-refractivity contribution in [1.82, 2.24) is 10.3 Å². The van der Waals surface area contributed by atoms with Crippen LogP contribution in [0, 0.1) is 6.92 Å². The normalized spacial score (nSPS) is 9.76. The van der Waals surface area contributed by atoms with Crippen LogP contribution in [-0.4, -0.2) is 29.0 Å². The van der Waals surface area contributed by atoms with E-state index in [1.54, 1.807) is 6.20 Å². The number of aromatic nitrogens is 1. The Morgan fingerprint density at radius 2 is 2.24 bits per heavy atom. The van der Waals surface area contributed by atoms with Crippen molar-refractivity contribution in [3.8, 4) is 0 Å². The van der Waals surface area contributed by atoms with Crippen molar-refractivity contribution in [2.45, 2.75) is 13.8 Å². The van der Waals surface area contributed by atoms with Crippen molar-refractivity contribution in [3.63, 3.8) is 0 Å². The highest BCUT2D eigenvalue weighted by molar-refractivity contribution is 7.80.